The Morgan fingerprint density at radius 1 is 1.27 bits per heavy atom. The molecule has 1 aromatic heterocycles. The molecule has 0 radical (unpaired) electrons. The Morgan fingerprint density at radius 3 is 2.69 bits per heavy atom. The molecule has 0 saturated heterocycles. The average Bonchev–Trinajstić information content (AvgIpc) is 2.64. The SMILES string of the molecule is O=C(NC1CCC(Oc2cnccn2)CC1)c1ccc(Cl)c([N+](=O)[O-])c1. The van der Waals surface area contributed by atoms with Crippen molar-refractivity contribution in [3.8, 4) is 5.88 Å². The van der Waals surface area contributed by atoms with Crippen LogP contribution in [0.4, 0.5) is 5.69 Å². The summed E-state index contributed by atoms with van der Waals surface area (Å²) in [5.74, 6) is 0.150. The van der Waals surface area contributed by atoms with Gasteiger partial charge in [-0.15, -0.1) is 0 Å². The van der Waals surface area contributed by atoms with Gasteiger partial charge in [-0.25, -0.2) is 4.98 Å². The second-order valence-corrected chi connectivity index (χ2v) is 6.44. The lowest BCUT2D eigenvalue weighted by molar-refractivity contribution is -0.384. The monoisotopic (exact) mass is 376 g/mol. The lowest BCUT2D eigenvalue weighted by Crippen LogP contribution is -2.39. The maximum absolute atomic E-state index is 12.3. The largest absolute Gasteiger partial charge is 0.473 e. The highest BCUT2D eigenvalue weighted by atomic mass is 35.5. The molecule has 1 saturated carbocycles. The van der Waals surface area contributed by atoms with Gasteiger partial charge in [0.05, 0.1) is 11.1 Å². The van der Waals surface area contributed by atoms with E-state index in [1.807, 2.05) is 0 Å². The molecule has 1 fully saturated rings. The number of rotatable bonds is 5. The first-order valence-electron chi connectivity index (χ1n) is 8.20. The second kappa shape index (κ2) is 8.09. The highest BCUT2D eigenvalue weighted by Gasteiger charge is 2.25. The number of halogens is 1. The molecule has 0 atom stereocenters. The zero-order valence-electron chi connectivity index (χ0n) is 13.8. The van der Waals surface area contributed by atoms with Crippen molar-refractivity contribution in [2.75, 3.05) is 0 Å². The summed E-state index contributed by atoms with van der Waals surface area (Å²) in [5, 5.41) is 13.9. The highest BCUT2D eigenvalue weighted by molar-refractivity contribution is 6.32. The van der Waals surface area contributed by atoms with E-state index in [1.54, 1.807) is 18.6 Å². The van der Waals surface area contributed by atoms with E-state index in [4.69, 9.17) is 16.3 Å². The van der Waals surface area contributed by atoms with E-state index in [2.05, 4.69) is 15.3 Å². The van der Waals surface area contributed by atoms with Crippen molar-refractivity contribution in [2.24, 2.45) is 0 Å². The number of ether oxygens (including phenoxy) is 1. The minimum absolute atomic E-state index is 0.000980. The van der Waals surface area contributed by atoms with Gasteiger partial charge in [0.2, 0.25) is 5.88 Å². The fourth-order valence-electron chi connectivity index (χ4n) is 2.90. The standard InChI is InChI=1S/C17H17ClN4O4/c18-14-6-1-11(9-15(14)22(24)25)17(23)21-12-2-4-13(5-3-12)26-16-10-19-7-8-20-16/h1,6-10,12-13H,2-5H2,(H,21,23). The van der Waals surface area contributed by atoms with Crippen molar-refractivity contribution in [1.82, 2.24) is 15.3 Å². The molecule has 26 heavy (non-hydrogen) atoms. The second-order valence-electron chi connectivity index (χ2n) is 6.03. The Morgan fingerprint density at radius 2 is 2.04 bits per heavy atom. The first-order valence-corrected chi connectivity index (χ1v) is 8.58. The number of amides is 1. The molecule has 0 unspecified atom stereocenters. The number of aromatic nitrogens is 2. The van der Waals surface area contributed by atoms with Gasteiger partial charge in [-0.3, -0.25) is 19.9 Å². The van der Waals surface area contributed by atoms with Gasteiger partial charge in [-0.1, -0.05) is 11.6 Å². The van der Waals surface area contributed by atoms with E-state index in [-0.39, 0.29) is 34.3 Å². The Balaban J connectivity index is 1.53. The molecule has 0 aliphatic heterocycles. The van der Waals surface area contributed by atoms with Crippen LogP contribution in [-0.4, -0.2) is 32.9 Å². The number of nitrogens with one attached hydrogen (secondary N) is 1. The van der Waals surface area contributed by atoms with Gasteiger partial charge in [-0.05, 0) is 37.8 Å². The van der Waals surface area contributed by atoms with Gasteiger partial charge in [0, 0.05) is 30.1 Å². The van der Waals surface area contributed by atoms with Gasteiger partial charge < -0.3 is 10.1 Å². The van der Waals surface area contributed by atoms with Crippen molar-refractivity contribution in [1.29, 1.82) is 0 Å². The lowest BCUT2D eigenvalue weighted by Gasteiger charge is -2.29. The fraction of sp³-hybridized carbons (Fsp3) is 0.353. The highest BCUT2D eigenvalue weighted by Crippen LogP contribution is 2.26. The summed E-state index contributed by atoms with van der Waals surface area (Å²) in [7, 11) is 0. The Kier molecular flexibility index (Phi) is 5.62. The molecule has 1 heterocycles. The lowest BCUT2D eigenvalue weighted by atomic mass is 9.92. The van der Waals surface area contributed by atoms with Gasteiger partial charge in [0.25, 0.3) is 11.6 Å². The molecule has 1 N–H and O–H groups in total. The Hall–Kier alpha value is -2.74. The van der Waals surface area contributed by atoms with Crippen LogP contribution in [0.15, 0.2) is 36.8 Å². The number of benzene rings is 1. The summed E-state index contributed by atoms with van der Waals surface area (Å²) in [4.78, 5) is 30.7. The third-order valence-electron chi connectivity index (χ3n) is 4.24. The molecule has 8 nitrogen and oxygen atoms in total. The quantitative estimate of drug-likeness (QED) is 0.634. The number of hydrogen-bond acceptors (Lipinski definition) is 6. The van der Waals surface area contributed by atoms with Crippen LogP contribution < -0.4 is 10.1 Å². The molecule has 3 rings (SSSR count). The summed E-state index contributed by atoms with van der Waals surface area (Å²) in [6.07, 6.45) is 7.84. The van der Waals surface area contributed by atoms with E-state index in [0.29, 0.717) is 5.88 Å². The van der Waals surface area contributed by atoms with E-state index in [9.17, 15) is 14.9 Å². The molecule has 0 spiro atoms. The zero-order chi connectivity index (χ0) is 18.5. The number of hydrogen-bond donors (Lipinski definition) is 1. The average molecular weight is 377 g/mol. The molecule has 136 valence electrons. The molecule has 9 heteroatoms. The molecule has 1 aliphatic carbocycles. The Labute approximate surface area is 154 Å². The summed E-state index contributed by atoms with van der Waals surface area (Å²) >= 11 is 5.77. The van der Waals surface area contributed by atoms with Crippen LogP contribution in [0, 0.1) is 10.1 Å². The minimum Gasteiger partial charge on any atom is -0.473 e. The van der Waals surface area contributed by atoms with Crippen LogP contribution in [0.2, 0.25) is 5.02 Å². The molecule has 0 bridgehead atoms. The summed E-state index contributed by atoms with van der Waals surface area (Å²) in [5.41, 5.74) is -0.0561. The smallest absolute Gasteiger partial charge is 0.288 e. The van der Waals surface area contributed by atoms with Crippen LogP contribution >= 0.6 is 11.6 Å². The van der Waals surface area contributed by atoms with Gasteiger partial charge in [-0.2, -0.15) is 0 Å². The summed E-state index contributed by atoms with van der Waals surface area (Å²) in [6.45, 7) is 0. The van der Waals surface area contributed by atoms with Gasteiger partial charge >= 0.3 is 0 Å². The fourth-order valence-corrected chi connectivity index (χ4v) is 3.09. The third-order valence-corrected chi connectivity index (χ3v) is 4.56. The minimum atomic E-state index is -0.603. The Bertz CT molecular complexity index is 795. The van der Waals surface area contributed by atoms with Crippen LogP contribution in [0.5, 0.6) is 5.88 Å². The topological polar surface area (TPSA) is 107 Å². The third kappa shape index (κ3) is 4.45. The van der Waals surface area contributed by atoms with Crippen LogP contribution in [0.3, 0.4) is 0 Å². The van der Waals surface area contributed by atoms with E-state index in [1.165, 1.54) is 18.2 Å². The summed E-state index contributed by atoms with van der Waals surface area (Å²) in [6, 6.07) is 4.03. The number of nitro groups is 1. The molecule has 1 aliphatic rings. The first-order chi connectivity index (χ1) is 12.5. The zero-order valence-corrected chi connectivity index (χ0v) is 14.6. The maximum Gasteiger partial charge on any atom is 0.288 e. The first kappa shape index (κ1) is 18.1. The molecule has 2 aromatic rings. The molecule has 1 aromatic carbocycles. The van der Waals surface area contributed by atoms with Gasteiger partial charge in [0.15, 0.2) is 0 Å². The van der Waals surface area contributed by atoms with Crippen LogP contribution in [0.1, 0.15) is 36.0 Å². The summed E-state index contributed by atoms with van der Waals surface area (Å²) < 4.78 is 5.77. The van der Waals surface area contributed by atoms with Crippen molar-refractivity contribution in [3.05, 3.63) is 57.5 Å². The van der Waals surface area contributed by atoms with Crippen LogP contribution in [0.25, 0.3) is 0 Å². The predicted octanol–water partition coefficient (Wildman–Crippen LogP) is 3.16. The number of nitrogens with zero attached hydrogens (tertiary/aromatic N) is 3. The maximum atomic E-state index is 12.3. The number of nitro benzene ring substituents is 1. The van der Waals surface area contributed by atoms with E-state index >= 15 is 0 Å². The van der Waals surface area contributed by atoms with Crippen LogP contribution in [-0.2, 0) is 0 Å². The molecular formula is C17H17ClN4O4. The van der Waals surface area contributed by atoms with Gasteiger partial charge in [0.1, 0.15) is 11.1 Å². The van der Waals surface area contributed by atoms with Crippen molar-refractivity contribution < 1.29 is 14.5 Å². The van der Waals surface area contributed by atoms with E-state index < -0.39 is 4.92 Å². The van der Waals surface area contributed by atoms with Crippen molar-refractivity contribution in [2.45, 2.75) is 37.8 Å². The number of carbonyl (C=O) groups is 1. The molecule has 1 amide bonds. The van der Waals surface area contributed by atoms with Crippen molar-refractivity contribution in [3.63, 3.8) is 0 Å². The predicted molar refractivity (Wildman–Crippen MR) is 94.3 cm³/mol. The normalized spacial score (nSPS) is 19.6. The van der Waals surface area contributed by atoms with Crippen molar-refractivity contribution >= 4 is 23.2 Å². The number of carbonyl (C=O) groups excluding carboxylic acids is 1. The van der Waals surface area contributed by atoms with E-state index in [0.717, 1.165) is 25.7 Å². The molecular weight excluding hydrogens is 360 g/mol.